The Morgan fingerprint density at radius 3 is 2.84 bits per heavy atom. The van der Waals surface area contributed by atoms with E-state index in [-0.39, 0.29) is 0 Å². The number of hydrogen-bond acceptors (Lipinski definition) is 5. The van der Waals surface area contributed by atoms with Crippen LogP contribution in [0.15, 0.2) is 18.2 Å². The maximum absolute atomic E-state index is 5.78. The minimum atomic E-state index is 0.468. The Bertz CT molecular complexity index is 539. The number of aromatic nitrogens is 2. The second kappa shape index (κ2) is 6.52. The van der Waals surface area contributed by atoms with Crippen molar-refractivity contribution in [3.8, 4) is 5.75 Å². The summed E-state index contributed by atoms with van der Waals surface area (Å²) >= 11 is 1.54. The van der Waals surface area contributed by atoms with Gasteiger partial charge in [0, 0.05) is 6.54 Å². The topological polar surface area (TPSA) is 47.0 Å². The van der Waals surface area contributed by atoms with Gasteiger partial charge < -0.3 is 10.1 Å². The summed E-state index contributed by atoms with van der Waals surface area (Å²) in [5.74, 6) is 0.906. The normalized spacial score (nSPS) is 10.5. The molecule has 0 aliphatic heterocycles. The number of anilines is 1. The molecule has 4 nitrogen and oxygen atoms in total. The molecule has 1 aromatic heterocycles. The molecule has 0 atom stereocenters. The number of nitrogens with zero attached hydrogens (tertiary/aromatic N) is 2. The zero-order valence-corrected chi connectivity index (χ0v) is 12.4. The van der Waals surface area contributed by atoms with Gasteiger partial charge in [0.1, 0.15) is 12.4 Å². The molecule has 0 amide bonds. The number of aryl methyl sites for hydroxylation is 2. The molecule has 102 valence electrons. The van der Waals surface area contributed by atoms with Crippen molar-refractivity contribution in [2.45, 2.75) is 33.8 Å². The van der Waals surface area contributed by atoms with E-state index in [1.165, 1.54) is 5.56 Å². The fourth-order valence-electron chi connectivity index (χ4n) is 1.72. The van der Waals surface area contributed by atoms with Gasteiger partial charge in [0.25, 0.3) is 0 Å². The van der Waals surface area contributed by atoms with Crippen LogP contribution in [0, 0.1) is 13.8 Å². The maximum Gasteiger partial charge on any atom is 0.205 e. The first-order chi connectivity index (χ1) is 9.19. The quantitative estimate of drug-likeness (QED) is 0.877. The van der Waals surface area contributed by atoms with Crippen LogP contribution in [0.25, 0.3) is 0 Å². The molecular weight excluding hydrogens is 258 g/mol. The van der Waals surface area contributed by atoms with E-state index in [1.54, 1.807) is 11.3 Å². The van der Waals surface area contributed by atoms with Crippen molar-refractivity contribution in [2.24, 2.45) is 0 Å². The van der Waals surface area contributed by atoms with Crippen molar-refractivity contribution < 1.29 is 4.74 Å². The Hall–Kier alpha value is -1.62. The average Bonchev–Trinajstić information content (AvgIpc) is 2.83. The molecule has 0 fully saturated rings. The second-order valence-electron chi connectivity index (χ2n) is 4.49. The van der Waals surface area contributed by atoms with Crippen LogP contribution in [0.3, 0.4) is 0 Å². The molecule has 0 saturated carbocycles. The number of hydrogen-bond donors (Lipinski definition) is 1. The summed E-state index contributed by atoms with van der Waals surface area (Å²) in [4.78, 5) is 0. The third-order valence-corrected chi connectivity index (χ3v) is 3.53. The van der Waals surface area contributed by atoms with Crippen LogP contribution in [0.2, 0.25) is 0 Å². The summed E-state index contributed by atoms with van der Waals surface area (Å²) in [5, 5.41) is 13.2. The zero-order chi connectivity index (χ0) is 13.7. The van der Waals surface area contributed by atoms with Gasteiger partial charge in [-0.3, -0.25) is 0 Å². The molecule has 5 heteroatoms. The number of ether oxygens (including phenoxy) is 1. The highest BCUT2D eigenvalue weighted by Gasteiger charge is 2.05. The zero-order valence-electron chi connectivity index (χ0n) is 11.6. The number of nitrogens with one attached hydrogen (secondary N) is 1. The van der Waals surface area contributed by atoms with E-state index in [0.29, 0.717) is 6.61 Å². The lowest BCUT2D eigenvalue weighted by atomic mass is 10.1. The summed E-state index contributed by atoms with van der Waals surface area (Å²) in [5.41, 5.74) is 2.39. The fraction of sp³-hybridized carbons (Fsp3) is 0.429. The van der Waals surface area contributed by atoms with Crippen LogP contribution in [-0.2, 0) is 6.61 Å². The molecule has 0 saturated heterocycles. The molecule has 1 heterocycles. The predicted octanol–water partition coefficient (Wildman–Crippen LogP) is 3.56. The Morgan fingerprint density at radius 2 is 2.11 bits per heavy atom. The molecule has 0 spiro atoms. The Balaban J connectivity index is 1.92. The molecule has 0 bridgehead atoms. The first-order valence-electron chi connectivity index (χ1n) is 6.45. The molecule has 0 unspecified atom stereocenters. The third kappa shape index (κ3) is 3.92. The van der Waals surface area contributed by atoms with Gasteiger partial charge in [-0.15, -0.1) is 10.2 Å². The first-order valence-corrected chi connectivity index (χ1v) is 7.27. The van der Waals surface area contributed by atoms with E-state index in [0.717, 1.165) is 34.4 Å². The molecule has 19 heavy (non-hydrogen) atoms. The van der Waals surface area contributed by atoms with Gasteiger partial charge in [0.05, 0.1) is 0 Å². The Morgan fingerprint density at radius 1 is 1.26 bits per heavy atom. The average molecular weight is 277 g/mol. The largest absolute Gasteiger partial charge is 0.486 e. The van der Waals surface area contributed by atoms with Crippen molar-refractivity contribution in [1.82, 2.24) is 10.2 Å². The van der Waals surface area contributed by atoms with Crippen molar-refractivity contribution in [3.05, 3.63) is 34.3 Å². The molecule has 2 rings (SSSR count). The van der Waals surface area contributed by atoms with E-state index in [9.17, 15) is 0 Å². The fourth-order valence-corrected chi connectivity index (χ4v) is 2.39. The minimum absolute atomic E-state index is 0.468. The Kier molecular flexibility index (Phi) is 4.74. The highest BCUT2D eigenvalue weighted by Crippen LogP contribution is 2.21. The van der Waals surface area contributed by atoms with Gasteiger partial charge in [-0.05, 0) is 31.9 Å². The predicted molar refractivity (Wildman–Crippen MR) is 78.9 cm³/mol. The van der Waals surface area contributed by atoms with E-state index in [1.807, 2.05) is 6.07 Å². The molecule has 1 aromatic carbocycles. The Labute approximate surface area is 117 Å². The van der Waals surface area contributed by atoms with Gasteiger partial charge in [0.2, 0.25) is 5.13 Å². The summed E-state index contributed by atoms with van der Waals surface area (Å²) < 4.78 is 5.78. The van der Waals surface area contributed by atoms with Crippen LogP contribution in [0.5, 0.6) is 5.75 Å². The molecule has 0 radical (unpaired) electrons. The molecule has 0 aliphatic carbocycles. The van der Waals surface area contributed by atoms with Gasteiger partial charge >= 0.3 is 0 Å². The van der Waals surface area contributed by atoms with Crippen molar-refractivity contribution in [1.29, 1.82) is 0 Å². The van der Waals surface area contributed by atoms with Gasteiger partial charge in [0.15, 0.2) is 5.01 Å². The van der Waals surface area contributed by atoms with Crippen LogP contribution >= 0.6 is 11.3 Å². The van der Waals surface area contributed by atoms with Gasteiger partial charge in [-0.25, -0.2) is 0 Å². The van der Waals surface area contributed by atoms with Crippen LogP contribution in [0.1, 0.15) is 29.5 Å². The smallest absolute Gasteiger partial charge is 0.205 e. The lowest BCUT2D eigenvalue weighted by Crippen LogP contribution is -1.98. The molecule has 1 N–H and O–H groups in total. The summed E-state index contributed by atoms with van der Waals surface area (Å²) in [6, 6.07) is 6.17. The van der Waals surface area contributed by atoms with Crippen LogP contribution in [-0.4, -0.2) is 16.7 Å². The highest BCUT2D eigenvalue weighted by molar-refractivity contribution is 7.15. The third-order valence-electron chi connectivity index (χ3n) is 2.67. The second-order valence-corrected chi connectivity index (χ2v) is 5.55. The summed E-state index contributed by atoms with van der Waals surface area (Å²) in [6.07, 6.45) is 1.08. The first kappa shape index (κ1) is 13.8. The highest BCUT2D eigenvalue weighted by atomic mass is 32.1. The summed E-state index contributed by atoms with van der Waals surface area (Å²) in [6.45, 7) is 7.64. The lowest BCUT2D eigenvalue weighted by Gasteiger charge is -2.07. The van der Waals surface area contributed by atoms with E-state index < -0.39 is 0 Å². The standard InChI is InChI=1S/C14H19N3OS/c1-4-7-15-14-17-16-13(19-14)9-18-12-6-5-10(2)8-11(12)3/h5-6,8H,4,7,9H2,1-3H3,(H,15,17). The van der Waals surface area contributed by atoms with E-state index >= 15 is 0 Å². The molecular formula is C14H19N3OS. The van der Waals surface area contributed by atoms with Crippen molar-refractivity contribution >= 4 is 16.5 Å². The lowest BCUT2D eigenvalue weighted by molar-refractivity contribution is 0.302. The van der Waals surface area contributed by atoms with Crippen molar-refractivity contribution in [3.63, 3.8) is 0 Å². The van der Waals surface area contributed by atoms with Gasteiger partial charge in [-0.1, -0.05) is 36.0 Å². The van der Waals surface area contributed by atoms with Crippen molar-refractivity contribution in [2.75, 3.05) is 11.9 Å². The number of rotatable bonds is 6. The van der Waals surface area contributed by atoms with Crippen LogP contribution in [0.4, 0.5) is 5.13 Å². The van der Waals surface area contributed by atoms with E-state index in [2.05, 4.69) is 48.4 Å². The maximum atomic E-state index is 5.78. The monoisotopic (exact) mass is 277 g/mol. The van der Waals surface area contributed by atoms with Crippen LogP contribution < -0.4 is 10.1 Å². The summed E-state index contributed by atoms with van der Waals surface area (Å²) in [7, 11) is 0. The van der Waals surface area contributed by atoms with E-state index in [4.69, 9.17) is 4.74 Å². The number of benzene rings is 1. The minimum Gasteiger partial charge on any atom is -0.486 e. The molecule has 2 aromatic rings. The van der Waals surface area contributed by atoms with Gasteiger partial charge in [-0.2, -0.15) is 0 Å². The molecule has 0 aliphatic rings. The SMILES string of the molecule is CCCNc1nnc(COc2ccc(C)cc2C)s1.